The SMILES string of the molecule is CS(=O)(=O)C[C@@H]1CCCN(C(=O)NCc2ccco2)C1. The molecule has 2 amide bonds. The molecule has 1 aromatic rings. The number of furan rings is 1. The van der Waals surface area contributed by atoms with Gasteiger partial charge >= 0.3 is 6.03 Å². The first-order valence-electron chi connectivity index (χ1n) is 6.67. The number of carbonyl (C=O) groups is 1. The largest absolute Gasteiger partial charge is 0.467 e. The van der Waals surface area contributed by atoms with E-state index in [4.69, 9.17) is 4.42 Å². The summed E-state index contributed by atoms with van der Waals surface area (Å²) in [5.74, 6) is 0.880. The van der Waals surface area contributed by atoms with Crippen LogP contribution < -0.4 is 5.32 Å². The first-order chi connectivity index (χ1) is 9.44. The molecule has 0 radical (unpaired) electrons. The van der Waals surface area contributed by atoms with Gasteiger partial charge in [0.25, 0.3) is 0 Å². The van der Waals surface area contributed by atoms with Crippen molar-refractivity contribution in [2.45, 2.75) is 19.4 Å². The Morgan fingerprint density at radius 2 is 2.35 bits per heavy atom. The molecule has 2 heterocycles. The molecule has 1 aliphatic rings. The topological polar surface area (TPSA) is 79.6 Å². The number of piperidine rings is 1. The fourth-order valence-electron chi connectivity index (χ4n) is 2.50. The molecule has 6 nitrogen and oxygen atoms in total. The summed E-state index contributed by atoms with van der Waals surface area (Å²) >= 11 is 0. The van der Waals surface area contributed by atoms with Crippen LogP contribution in [-0.2, 0) is 16.4 Å². The molecular weight excluding hydrogens is 280 g/mol. The van der Waals surface area contributed by atoms with Gasteiger partial charge in [0.2, 0.25) is 0 Å². The number of hydrogen-bond acceptors (Lipinski definition) is 4. The maximum Gasteiger partial charge on any atom is 0.317 e. The summed E-state index contributed by atoms with van der Waals surface area (Å²) < 4.78 is 27.8. The summed E-state index contributed by atoms with van der Waals surface area (Å²) in [6, 6.07) is 3.40. The molecule has 1 saturated heterocycles. The zero-order chi connectivity index (χ0) is 14.6. The predicted octanol–water partition coefficient (Wildman–Crippen LogP) is 1.25. The van der Waals surface area contributed by atoms with Gasteiger partial charge in [-0.1, -0.05) is 0 Å². The number of carbonyl (C=O) groups excluding carboxylic acids is 1. The summed E-state index contributed by atoms with van der Waals surface area (Å²) in [5, 5.41) is 2.78. The first kappa shape index (κ1) is 14.9. The predicted molar refractivity (Wildman–Crippen MR) is 75.0 cm³/mol. The van der Waals surface area contributed by atoms with Crippen LogP contribution in [0.5, 0.6) is 0 Å². The Bertz CT molecular complexity index is 539. The third kappa shape index (κ3) is 4.56. The van der Waals surface area contributed by atoms with Crippen LogP contribution in [0.15, 0.2) is 22.8 Å². The zero-order valence-electron chi connectivity index (χ0n) is 11.5. The van der Waals surface area contributed by atoms with Crippen molar-refractivity contribution in [3.63, 3.8) is 0 Å². The molecule has 1 atom stereocenters. The van der Waals surface area contributed by atoms with Crippen molar-refractivity contribution in [3.05, 3.63) is 24.2 Å². The lowest BCUT2D eigenvalue weighted by atomic mass is 10.0. The van der Waals surface area contributed by atoms with E-state index in [-0.39, 0.29) is 17.7 Å². The van der Waals surface area contributed by atoms with E-state index >= 15 is 0 Å². The molecule has 7 heteroatoms. The standard InChI is InChI=1S/C13H20N2O4S/c1-20(17,18)10-11-4-2-6-15(9-11)13(16)14-8-12-5-3-7-19-12/h3,5,7,11H,2,4,6,8-10H2,1H3,(H,14,16)/t11-/m1/s1. The minimum Gasteiger partial charge on any atom is -0.467 e. The van der Waals surface area contributed by atoms with E-state index in [1.807, 2.05) is 0 Å². The van der Waals surface area contributed by atoms with Gasteiger partial charge in [0, 0.05) is 19.3 Å². The Labute approximate surface area is 119 Å². The van der Waals surface area contributed by atoms with Crippen LogP contribution in [0.3, 0.4) is 0 Å². The number of likely N-dealkylation sites (tertiary alicyclic amines) is 1. The minimum absolute atomic E-state index is 0.0353. The lowest BCUT2D eigenvalue weighted by Crippen LogP contribution is -2.46. The second-order valence-electron chi connectivity index (χ2n) is 5.28. The van der Waals surface area contributed by atoms with Crippen LogP contribution in [0.1, 0.15) is 18.6 Å². The second-order valence-corrected chi connectivity index (χ2v) is 7.47. The maximum atomic E-state index is 12.0. The van der Waals surface area contributed by atoms with Gasteiger partial charge in [-0.05, 0) is 30.9 Å². The van der Waals surface area contributed by atoms with Gasteiger partial charge in [0.1, 0.15) is 15.6 Å². The molecular formula is C13H20N2O4S. The second kappa shape index (κ2) is 6.30. The van der Waals surface area contributed by atoms with Crippen LogP contribution >= 0.6 is 0 Å². The van der Waals surface area contributed by atoms with E-state index in [0.29, 0.717) is 25.4 Å². The van der Waals surface area contributed by atoms with Gasteiger partial charge < -0.3 is 14.6 Å². The van der Waals surface area contributed by atoms with E-state index in [1.165, 1.54) is 6.26 Å². The summed E-state index contributed by atoms with van der Waals surface area (Å²) in [6.07, 6.45) is 4.50. The van der Waals surface area contributed by atoms with Crippen LogP contribution in [0.2, 0.25) is 0 Å². The van der Waals surface area contributed by atoms with Crippen molar-refractivity contribution in [2.24, 2.45) is 5.92 Å². The summed E-state index contributed by atoms with van der Waals surface area (Å²) in [7, 11) is -2.99. The van der Waals surface area contributed by atoms with Crippen molar-refractivity contribution in [2.75, 3.05) is 25.1 Å². The van der Waals surface area contributed by atoms with E-state index in [1.54, 1.807) is 23.3 Å². The van der Waals surface area contributed by atoms with Gasteiger partial charge in [-0.15, -0.1) is 0 Å². The molecule has 0 aromatic carbocycles. The quantitative estimate of drug-likeness (QED) is 0.907. The third-order valence-electron chi connectivity index (χ3n) is 3.34. The van der Waals surface area contributed by atoms with Crippen molar-refractivity contribution in [1.82, 2.24) is 10.2 Å². The maximum absolute atomic E-state index is 12.0. The van der Waals surface area contributed by atoms with E-state index in [9.17, 15) is 13.2 Å². The summed E-state index contributed by atoms with van der Waals surface area (Å²) in [6.45, 7) is 1.51. The lowest BCUT2D eigenvalue weighted by Gasteiger charge is -2.32. The van der Waals surface area contributed by atoms with Crippen molar-refractivity contribution >= 4 is 15.9 Å². The highest BCUT2D eigenvalue weighted by Crippen LogP contribution is 2.18. The molecule has 0 spiro atoms. The molecule has 0 aliphatic carbocycles. The van der Waals surface area contributed by atoms with Crippen molar-refractivity contribution in [3.8, 4) is 0 Å². The average molecular weight is 300 g/mol. The number of nitrogens with one attached hydrogen (secondary N) is 1. The molecule has 1 aliphatic heterocycles. The molecule has 20 heavy (non-hydrogen) atoms. The highest BCUT2D eigenvalue weighted by Gasteiger charge is 2.25. The normalized spacial score (nSPS) is 19.9. The monoisotopic (exact) mass is 300 g/mol. The number of hydrogen-bond donors (Lipinski definition) is 1. The highest BCUT2D eigenvalue weighted by molar-refractivity contribution is 7.90. The molecule has 0 saturated carbocycles. The number of sulfone groups is 1. The third-order valence-corrected chi connectivity index (χ3v) is 4.42. The van der Waals surface area contributed by atoms with Gasteiger partial charge in [-0.2, -0.15) is 0 Å². The van der Waals surface area contributed by atoms with E-state index < -0.39 is 9.84 Å². The van der Waals surface area contributed by atoms with Gasteiger partial charge in [0.05, 0.1) is 18.6 Å². The molecule has 0 bridgehead atoms. The van der Waals surface area contributed by atoms with Gasteiger partial charge in [0.15, 0.2) is 0 Å². The number of nitrogens with zero attached hydrogens (tertiary/aromatic N) is 1. The Morgan fingerprint density at radius 3 is 3.00 bits per heavy atom. The molecule has 1 N–H and O–H groups in total. The highest BCUT2D eigenvalue weighted by atomic mass is 32.2. The lowest BCUT2D eigenvalue weighted by molar-refractivity contribution is 0.169. The fraction of sp³-hybridized carbons (Fsp3) is 0.615. The Kier molecular flexibility index (Phi) is 4.69. The van der Waals surface area contributed by atoms with E-state index in [2.05, 4.69) is 5.32 Å². The van der Waals surface area contributed by atoms with Crippen molar-refractivity contribution < 1.29 is 17.6 Å². The summed E-state index contributed by atoms with van der Waals surface area (Å²) in [4.78, 5) is 13.7. The van der Waals surface area contributed by atoms with Crippen LogP contribution in [0.25, 0.3) is 0 Å². The Balaban J connectivity index is 1.83. The minimum atomic E-state index is -2.99. The van der Waals surface area contributed by atoms with Crippen LogP contribution in [-0.4, -0.2) is 44.4 Å². The number of urea groups is 1. The van der Waals surface area contributed by atoms with Crippen molar-refractivity contribution in [1.29, 1.82) is 0 Å². The fourth-order valence-corrected chi connectivity index (χ4v) is 3.63. The average Bonchev–Trinajstić information content (AvgIpc) is 2.87. The van der Waals surface area contributed by atoms with E-state index in [0.717, 1.165) is 12.8 Å². The molecule has 1 fully saturated rings. The van der Waals surface area contributed by atoms with Gasteiger partial charge in [-0.25, -0.2) is 13.2 Å². The molecule has 0 unspecified atom stereocenters. The smallest absolute Gasteiger partial charge is 0.317 e. The molecule has 112 valence electrons. The zero-order valence-corrected chi connectivity index (χ0v) is 12.4. The number of amides is 2. The molecule has 1 aromatic heterocycles. The molecule has 2 rings (SSSR count). The Morgan fingerprint density at radius 1 is 1.55 bits per heavy atom. The van der Waals surface area contributed by atoms with Crippen LogP contribution in [0.4, 0.5) is 4.79 Å². The summed E-state index contributed by atoms with van der Waals surface area (Å²) in [5.41, 5.74) is 0. The Hall–Kier alpha value is -1.50. The number of rotatable bonds is 4. The van der Waals surface area contributed by atoms with Gasteiger partial charge in [-0.3, -0.25) is 0 Å². The van der Waals surface area contributed by atoms with Crippen LogP contribution in [0, 0.1) is 5.92 Å². The first-order valence-corrected chi connectivity index (χ1v) is 8.73.